The Morgan fingerprint density at radius 1 is 0.339 bits per heavy atom. The number of ether oxygens (including phenoxy) is 3. The van der Waals surface area contributed by atoms with Gasteiger partial charge in [-0.15, -0.1) is 0 Å². The highest BCUT2D eigenvalue weighted by Crippen LogP contribution is 2.13. The molecule has 0 heterocycles. The minimum Gasteiger partial charge on any atom is -0.462 e. The van der Waals surface area contributed by atoms with Crippen LogP contribution in [0.4, 0.5) is 0 Å². The van der Waals surface area contributed by atoms with E-state index >= 15 is 0 Å². The molecule has 0 rings (SSSR count). The first-order chi connectivity index (χ1) is 30.5. The Morgan fingerprint density at radius 2 is 0.661 bits per heavy atom. The van der Waals surface area contributed by atoms with Gasteiger partial charge < -0.3 is 14.2 Å². The van der Waals surface area contributed by atoms with Crippen molar-refractivity contribution >= 4 is 17.9 Å². The topological polar surface area (TPSA) is 78.9 Å². The van der Waals surface area contributed by atoms with E-state index < -0.39 is 12.1 Å². The third-order valence-electron chi connectivity index (χ3n) is 9.63. The summed E-state index contributed by atoms with van der Waals surface area (Å²) in [6, 6.07) is 0. The molecule has 0 aliphatic heterocycles. The van der Waals surface area contributed by atoms with E-state index in [0.717, 1.165) is 51.4 Å². The van der Waals surface area contributed by atoms with E-state index in [1.54, 1.807) is 0 Å². The van der Waals surface area contributed by atoms with Crippen LogP contribution in [0.5, 0.6) is 0 Å². The van der Waals surface area contributed by atoms with Gasteiger partial charge in [-0.2, -0.15) is 0 Å². The molecule has 0 fully saturated rings. The quantitative estimate of drug-likeness (QED) is 0.0200. The average molecular weight is 855 g/mol. The van der Waals surface area contributed by atoms with Crippen molar-refractivity contribution in [1.29, 1.82) is 0 Å². The van der Waals surface area contributed by atoms with Gasteiger partial charge in [0.2, 0.25) is 0 Å². The van der Waals surface area contributed by atoms with Crippen LogP contribution in [-0.2, 0) is 28.6 Å². The van der Waals surface area contributed by atoms with E-state index in [-0.39, 0.29) is 38.0 Å². The van der Waals surface area contributed by atoms with Gasteiger partial charge in [0.1, 0.15) is 13.2 Å². The number of allylic oxidation sites excluding steroid dienone is 22. The third-order valence-corrected chi connectivity index (χ3v) is 9.63. The molecule has 0 amide bonds. The maximum absolute atomic E-state index is 12.7. The first-order valence-corrected chi connectivity index (χ1v) is 24.3. The van der Waals surface area contributed by atoms with Crippen LogP contribution < -0.4 is 0 Å². The van der Waals surface area contributed by atoms with Crippen molar-refractivity contribution in [2.45, 2.75) is 187 Å². The lowest BCUT2D eigenvalue weighted by molar-refractivity contribution is -0.167. The minimum atomic E-state index is -0.851. The van der Waals surface area contributed by atoms with Gasteiger partial charge in [0, 0.05) is 19.3 Å². The molecule has 0 aromatic carbocycles. The fourth-order valence-corrected chi connectivity index (χ4v) is 6.02. The second kappa shape index (κ2) is 49.2. The summed E-state index contributed by atoms with van der Waals surface area (Å²) in [4.78, 5) is 37.8. The summed E-state index contributed by atoms with van der Waals surface area (Å²) in [7, 11) is 0. The molecule has 0 aliphatic rings. The highest BCUT2D eigenvalue weighted by molar-refractivity contribution is 5.71. The van der Waals surface area contributed by atoms with E-state index in [2.05, 4.69) is 45.1 Å². The van der Waals surface area contributed by atoms with Crippen LogP contribution in [-0.4, -0.2) is 37.2 Å². The summed E-state index contributed by atoms with van der Waals surface area (Å²) in [5.74, 6) is -1.11. The van der Waals surface area contributed by atoms with Gasteiger partial charge in [-0.05, 0) is 70.6 Å². The number of carbonyl (C=O) groups is 3. The smallest absolute Gasteiger partial charge is 0.306 e. The normalized spacial score (nSPS) is 13.3. The van der Waals surface area contributed by atoms with Crippen LogP contribution in [0, 0.1) is 0 Å². The van der Waals surface area contributed by atoms with E-state index in [0.29, 0.717) is 25.7 Å². The maximum atomic E-state index is 12.7. The number of carbonyl (C=O) groups excluding carboxylic acids is 3. The summed E-state index contributed by atoms with van der Waals surface area (Å²) < 4.78 is 16.6. The van der Waals surface area contributed by atoms with Gasteiger partial charge in [0.15, 0.2) is 6.10 Å². The predicted octanol–water partition coefficient (Wildman–Crippen LogP) is 15.9. The number of hydrogen-bond donors (Lipinski definition) is 0. The second-order valence-electron chi connectivity index (χ2n) is 15.5. The van der Waals surface area contributed by atoms with E-state index in [1.807, 2.05) is 109 Å². The lowest BCUT2D eigenvalue weighted by atomic mass is 10.1. The molecule has 0 bridgehead atoms. The fourth-order valence-electron chi connectivity index (χ4n) is 6.02. The monoisotopic (exact) mass is 855 g/mol. The molecule has 0 radical (unpaired) electrons. The van der Waals surface area contributed by atoms with E-state index in [9.17, 15) is 14.4 Å². The SMILES string of the molecule is CC\C=C/C=C\C=C/C=C\C=C/CCCC(=O)OCC(COC(=O)CCCCCCC/C=C\CCCCCCCCCCC)OC(=O)CCC\C=C/C=C\C=C/C=C\C=C/CC. The van der Waals surface area contributed by atoms with Crippen molar-refractivity contribution in [3.05, 3.63) is 134 Å². The zero-order valence-corrected chi connectivity index (χ0v) is 39.3. The molecule has 1 atom stereocenters. The molecule has 346 valence electrons. The standard InChI is InChI=1S/C56H86O6/c1-4-7-10-13-16-19-22-25-26-27-28-29-32-34-37-40-43-46-49-55(58)61-52-53(62-56(59)50-47-44-41-38-35-31-24-21-18-15-12-9-6-3)51-60-54(57)48-45-42-39-36-33-30-23-20-17-14-11-8-5-2/h8-9,11-12,14-15,17-18,20-21,23-24,28-31,33,35-36,38-39,41,53H,4-7,10,13,16,19,22,25-27,32,34,37,40,42-52H2,1-3H3/b11-8-,12-9-,17-14-,18-15-,23-20-,24-21-,29-28-,33-30-,35-31-,39-36-,41-38-. The molecule has 0 N–H and O–H groups in total. The highest BCUT2D eigenvalue weighted by Gasteiger charge is 2.19. The van der Waals surface area contributed by atoms with E-state index in [1.165, 1.54) is 70.6 Å². The first-order valence-electron chi connectivity index (χ1n) is 24.3. The largest absolute Gasteiger partial charge is 0.462 e. The average Bonchev–Trinajstić information content (AvgIpc) is 3.27. The van der Waals surface area contributed by atoms with Crippen LogP contribution in [0.3, 0.4) is 0 Å². The van der Waals surface area contributed by atoms with Crippen molar-refractivity contribution in [3.8, 4) is 0 Å². The molecule has 6 nitrogen and oxygen atoms in total. The number of esters is 3. The minimum absolute atomic E-state index is 0.139. The van der Waals surface area contributed by atoms with Crippen molar-refractivity contribution in [1.82, 2.24) is 0 Å². The molecule has 62 heavy (non-hydrogen) atoms. The van der Waals surface area contributed by atoms with Crippen LogP contribution >= 0.6 is 0 Å². The Kier molecular flexibility index (Phi) is 45.7. The lowest BCUT2D eigenvalue weighted by Crippen LogP contribution is -2.30. The van der Waals surface area contributed by atoms with Gasteiger partial charge in [0.25, 0.3) is 0 Å². The Morgan fingerprint density at radius 3 is 1.08 bits per heavy atom. The zero-order valence-electron chi connectivity index (χ0n) is 39.3. The Balaban J connectivity index is 4.58. The fraction of sp³-hybridized carbons (Fsp3) is 0.554. The Bertz CT molecular complexity index is 1400. The second-order valence-corrected chi connectivity index (χ2v) is 15.5. The lowest BCUT2D eigenvalue weighted by Gasteiger charge is -2.18. The van der Waals surface area contributed by atoms with Gasteiger partial charge in [0.05, 0.1) is 0 Å². The summed E-state index contributed by atoms with van der Waals surface area (Å²) in [6.07, 6.45) is 68.8. The number of unbranched alkanes of at least 4 members (excludes halogenated alkanes) is 16. The summed E-state index contributed by atoms with van der Waals surface area (Å²) in [6.45, 7) is 6.19. The van der Waals surface area contributed by atoms with Crippen LogP contribution in [0.15, 0.2) is 134 Å². The Labute approximate surface area is 379 Å². The molecule has 0 aromatic heterocycles. The molecular weight excluding hydrogens is 769 g/mol. The predicted molar refractivity (Wildman–Crippen MR) is 265 cm³/mol. The van der Waals surface area contributed by atoms with Gasteiger partial charge in [-0.3, -0.25) is 14.4 Å². The van der Waals surface area contributed by atoms with Crippen LogP contribution in [0.25, 0.3) is 0 Å². The third kappa shape index (κ3) is 46.6. The summed E-state index contributed by atoms with van der Waals surface area (Å²) >= 11 is 0. The van der Waals surface area contributed by atoms with E-state index in [4.69, 9.17) is 14.2 Å². The van der Waals surface area contributed by atoms with Crippen molar-refractivity contribution in [2.75, 3.05) is 13.2 Å². The number of rotatable bonds is 41. The van der Waals surface area contributed by atoms with Crippen LogP contribution in [0.1, 0.15) is 181 Å². The Hall–Kier alpha value is -4.45. The number of hydrogen-bond acceptors (Lipinski definition) is 6. The maximum Gasteiger partial charge on any atom is 0.306 e. The highest BCUT2D eigenvalue weighted by atomic mass is 16.6. The molecular formula is C56H86O6. The van der Waals surface area contributed by atoms with Crippen molar-refractivity contribution in [2.24, 2.45) is 0 Å². The first kappa shape index (κ1) is 57.5. The van der Waals surface area contributed by atoms with Gasteiger partial charge in [-0.1, -0.05) is 225 Å². The molecule has 0 aromatic rings. The summed E-state index contributed by atoms with van der Waals surface area (Å²) in [5, 5.41) is 0. The van der Waals surface area contributed by atoms with Gasteiger partial charge >= 0.3 is 17.9 Å². The molecule has 1 unspecified atom stereocenters. The molecule has 6 heteroatoms. The summed E-state index contributed by atoms with van der Waals surface area (Å²) in [5.41, 5.74) is 0. The molecule has 0 saturated heterocycles. The molecule has 0 spiro atoms. The van der Waals surface area contributed by atoms with Gasteiger partial charge in [-0.25, -0.2) is 0 Å². The molecule has 0 saturated carbocycles. The zero-order chi connectivity index (χ0) is 45.1. The molecule has 0 aliphatic carbocycles. The van der Waals surface area contributed by atoms with Crippen molar-refractivity contribution < 1.29 is 28.6 Å². The van der Waals surface area contributed by atoms with Crippen LogP contribution in [0.2, 0.25) is 0 Å². The van der Waals surface area contributed by atoms with Crippen molar-refractivity contribution in [3.63, 3.8) is 0 Å².